The summed E-state index contributed by atoms with van der Waals surface area (Å²) in [5.74, 6) is -0.625. The van der Waals surface area contributed by atoms with E-state index in [2.05, 4.69) is 0 Å². The van der Waals surface area contributed by atoms with E-state index in [4.69, 9.17) is 5.41 Å². The molecule has 0 spiro atoms. The molecule has 76 valence electrons. The smallest absolute Gasteiger partial charge is 0.263 e. The number of carbonyl (C=O) groups is 1. The van der Waals surface area contributed by atoms with Crippen molar-refractivity contribution < 1.29 is 13.2 Å². The molecule has 0 radical (unpaired) electrons. The number of hydrogen-bond acceptors (Lipinski definition) is 4. The molecule has 0 atom stereocenters. The monoisotopic (exact) mass is 214 g/mol. The van der Waals surface area contributed by atoms with Crippen LogP contribution in [0.1, 0.15) is 13.3 Å². The zero-order valence-corrected chi connectivity index (χ0v) is 8.39. The summed E-state index contributed by atoms with van der Waals surface area (Å²) in [5.41, 5.74) is 0.340. The van der Waals surface area contributed by atoms with Crippen LogP contribution in [0.4, 0.5) is 0 Å². The Kier molecular flexibility index (Phi) is 2.85. The summed E-state index contributed by atoms with van der Waals surface area (Å²) < 4.78 is 24.6. The topological polar surface area (TPSA) is 87.1 Å². The van der Waals surface area contributed by atoms with E-state index in [1.807, 2.05) is 4.72 Å². The van der Waals surface area contributed by atoms with Crippen molar-refractivity contribution in [2.24, 2.45) is 0 Å². The predicted octanol–water partition coefficient (Wildman–Crippen LogP) is 0.316. The van der Waals surface area contributed by atoms with Gasteiger partial charge in [-0.15, -0.1) is 0 Å². The molecule has 1 aliphatic rings. The van der Waals surface area contributed by atoms with Crippen molar-refractivity contribution in [1.82, 2.24) is 4.72 Å². The van der Waals surface area contributed by atoms with Crippen LogP contribution in [0.25, 0.3) is 0 Å². The Morgan fingerprint density at radius 3 is 2.57 bits per heavy atom. The van der Waals surface area contributed by atoms with Crippen LogP contribution in [-0.2, 0) is 14.8 Å². The lowest BCUT2D eigenvalue weighted by molar-refractivity contribution is -0.117. The van der Waals surface area contributed by atoms with Gasteiger partial charge in [0.15, 0.2) is 0 Å². The zero-order valence-electron chi connectivity index (χ0n) is 7.57. The van der Waals surface area contributed by atoms with Crippen molar-refractivity contribution in [1.29, 1.82) is 5.41 Å². The van der Waals surface area contributed by atoms with Crippen molar-refractivity contribution in [3.05, 3.63) is 23.1 Å². The molecule has 0 aromatic carbocycles. The lowest BCUT2D eigenvalue weighted by Crippen LogP contribution is -2.29. The van der Waals surface area contributed by atoms with Gasteiger partial charge >= 0.3 is 0 Å². The molecule has 0 saturated carbocycles. The standard InChI is InChI=1S/C8H10N2O3S/c1-6(11)10-14(12,13)8-4-2-7(9)3-5-8/h2,4-5,9H,3H2,1H3,(H,10,11). The van der Waals surface area contributed by atoms with E-state index in [-0.39, 0.29) is 11.3 Å². The van der Waals surface area contributed by atoms with E-state index in [0.717, 1.165) is 6.92 Å². The van der Waals surface area contributed by atoms with E-state index in [9.17, 15) is 13.2 Å². The van der Waals surface area contributed by atoms with Crippen LogP contribution in [0.5, 0.6) is 0 Å². The van der Waals surface area contributed by atoms with Crippen LogP contribution in [-0.4, -0.2) is 20.0 Å². The Hall–Kier alpha value is -1.43. The van der Waals surface area contributed by atoms with Gasteiger partial charge in [0.2, 0.25) is 5.91 Å². The first-order valence-corrected chi connectivity index (χ1v) is 5.39. The van der Waals surface area contributed by atoms with Crippen molar-refractivity contribution in [2.45, 2.75) is 13.3 Å². The molecule has 0 saturated heterocycles. The van der Waals surface area contributed by atoms with Gasteiger partial charge in [-0.2, -0.15) is 0 Å². The maximum atomic E-state index is 11.4. The van der Waals surface area contributed by atoms with Crippen molar-refractivity contribution in [3.8, 4) is 0 Å². The molecule has 0 bridgehead atoms. The highest BCUT2D eigenvalue weighted by Crippen LogP contribution is 2.12. The summed E-state index contributed by atoms with van der Waals surface area (Å²) in [6.07, 6.45) is 4.37. The largest absolute Gasteiger partial charge is 0.305 e. The predicted molar refractivity (Wildman–Crippen MR) is 52.3 cm³/mol. The van der Waals surface area contributed by atoms with Crippen LogP contribution in [0.3, 0.4) is 0 Å². The van der Waals surface area contributed by atoms with E-state index >= 15 is 0 Å². The molecule has 14 heavy (non-hydrogen) atoms. The summed E-state index contributed by atoms with van der Waals surface area (Å²) >= 11 is 0. The summed E-state index contributed by atoms with van der Waals surface area (Å²) in [6.45, 7) is 1.13. The third-order valence-corrected chi connectivity index (χ3v) is 3.04. The molecule has 1 rings (SSSR count). The molecule has 5 nitrogen and oxygen atoms in total. The Bertz CT molecular complexity index is 432. The maximum Gasteiger partial charge on any atom is 0.263 e. The van der Waals surface area contributed by atoms with E-state index < -0.39 is 15.9 Å². The number of allylic oxidation sites excluding steroid dienone is 3. The Labute approximate surface area is 82.1 Å². The highest BCUT2D eigenvalue weighted by atomic mass is 32.2. The average Bonchev–Trinajstić information content (AvgIpc) is 2.02. The van der Waals surface area contributed by atoms with E-state index in [1.54, 1.807) is 0 Å². The highest BCUT2D eigenvalue weighted by Gasteiger charge is 2.17. The molecule has 0 aromatic rings. The summed E-state index contributed by atoms with van der Waals surface area (Å²) in [5, 5.41) is 7.21. The van der Waals surface area contributed by atoms with Crippen molar-refractivity contribution in [3.63, 3.8) is 0 Å². The minimum Gasteiger partial charge on any atom is -0.305 e. The fourth-order valence-electron chi connectivity index (χ4n) is 0.977. The second-order valence-electron chi connectivity index (χ2n) is 2.83. The molecule has 6 heteroatoms. The number of rotatable bonds is 2. The molecule has 0 aromatic heterocycles. The first kappa shape index (κ1) is 10.6. The van der Waals surface area contributed by atoms with Crippen LogP contribution in [0, 0.1) is 5.41 Å². The van der Waals surface area contributed by atoms with Gasteiger partial charge in [0.1, 0.15) is 0 Å². The average molecular weight is 214 g/mol. The van der Waals surface area contributed by atoms with E-state index in [0.29, 0.717) is 5.71 Å². The van der Waals surface area contributed by atoms with Crippen LogP contribution in [0.15, 0.2) is 23.1 Å². The first-order valence-electron chi connectivity index (χ1n) is 3.91. The Balaban J connectivity index is 2.91. The number of hydrogen-bond donors (Lipinski definition) is 2. The van der Waals surface area contributed by atoms with Gasteiger partial charge in [0, 0.05) is 19.1 Å². The number of carbonyl (C=O) groups excluding carboxylic acids is 1. The molecule has 0 fully saturated rings. The number of sulfonamides is 1. The summed E-state index contributed by atoms with van der Waals surface area (Å²) in [7, 11) is -3.73. The summed E-state index contributed by atoms with van der Waals surface area (Å²) in [4.78, 5) is 10.6. The SMILES string of the molecule is CC(=O)NS(=O)(=O)C1=CCC(=N)C=C1. The van der Waals surface area contributed by atoms with Crippen LogP contribution in [0.2, 0.25) is 0 Å². The lowest BCUT2D eigenvalue weighted by atomic mass is 10.2. The molecule has 1 amide bonds. The van der Waals surface area contributed by atoms with Gasteiger partial charge in [0.25, 0.3) is 10.0 Å². The fourth-order valence-corrected chi connectivity index (χ4v) is 2.02. The Morgan fingerprint density at radius 1 is 1.50 bits per heavy atom. The van der Waals surface area contributed by atoms with Crippen molar-refractivity contribution in [2.75, 3.05) is 0 Å². The van der Waals surface area contributed by atoms with Gasteiger partial charge < -0.3 is 5.41 Å². The molecule has 0 aliphatic heterocycles. The highest BCUT2D eigenvalue weighted by molar-refractivity contribution is 7.94. The molecule has 2 N–H and O–H groups in total. The molecule has 1 aliphatic carbocycles. The molecule has 0 heterocycles. The van der Waals surface area contributed by atoms with Gasteiger partial charge in [-0.1, -0.05) is 6.08 Å². The zero-order chi connectivity index (χ0) is 10.8. The fraction of sp³-hybridized carbons (Fsp3) is 0.250. The van der Waals surface area contributed by atoms with Crippen molar-refractivity contribution >= 4 is 21.6 Å². The van der Waals surface area contributed by atoms with Gasteiger partial charge in [0.05, 0.1) is 4.91 Å². The number of nitrogens with one attached hydrogen (secondary N) is 2. The number of amides is 1. The van der Waals surface area contributed by atoms with Crippen LogP contribution >= 0.6 is 0 Å². The second kappa shape index (κ2) is 3.75. The third-order valence-electron chi connectivity index (χ3n) is 1.56. The second-order valence-corrected chi connectivity index (χ2v) is 4.51. The normalized spacial score (nSPS) is 16.4. The molecule has 0 unspecified atom stereocenters. The quantitative estimate of drug-likeness (QED) is 0.693. The molecular formula is C8H10N2O3S. The third kappa shape index (κ3) is 2.53. The van der Waals surface area contributed by atoms with Gasteiger partial charge in [-0.3, -0.25) is 4.79 Å². The van der Waals surface area contributed by atoms with E-state index in [1.165, 1.54) is 18.2 Å². The minimum absolute atomic E-state index is 0.0312. The molecular weight excluding hydrogens is 204 g/mol. The minimum atomic E-state index is -3.73. The van der Waals surface area contributed by atoms with Crippen LogP contribution < -0.4 is 4.72 Å². The Morgan fingerprint density at radius 2 is 2.14 bits per heavy atom. The summed E-state index contributed by atoms with van der Waals surface area (Å²) in [6, 6.07) is 0. The van der Waals surface area contributed by atoms with Gasteiger partial charge in [-0.05, 0) is 12.2 Å². The lowest BCUT2D eigenvalue weighted by Gasteiger charge is -2.08. The maximum absolute atomic E-state index is 11.4. The van der Waals surface area contributed by atoms with Gasteiger partial charge in [-0.25, -0.2) is 13.1 Å². The first-order chi connectivity index (χ1) is 6.42.